The van der Waals surface area contributed by atoms with Crippen LogP contribution in [0.3, 0.4) is 0 Å². The molecule has 0 amide bonds. The molecule has 0 aliphatic carbocycles. The maximum absolute atomic E-state index is 12.9. The van der Waals surface area contributed by atoms with E-state index in [0.29, 0.717) is 4.47 Å². The number of nitrogens with zero attached hydrogens (tertiary/aromatic N) is 2. The SMILES string of the molecule is O=C(O)[C@@H]1CN(c2ncc(Br)cc2Cl)C[C@H]1C(F)(F)F. The number of hydrogen-bond acceptors (Lipinski definition) is 3. The summed E-state index contributed by atoms with van der Waals surface area (Å²) in [6, 6.07) is 1.50. The Kier molecular flexibility index (Phi) is 4.15. The number of carboxylic acid groups (broad SMARTS) is 1. The lowest BCUT2D eigenvalue weighted by Crippen LogP contribution is -2.33. The Morgan fingerprint density at radius 2 is 2.15 bits per heavy atom. The first-order valence-electron chi connectivity index (χ1n) is 5.55. The minimum atomic E-state index is -4.57. The molecule has 1 saturated heterocycles. The minimum absolute atomic E-state index is 0.160. The van der Waals surface area contributed by atoms with E-state index in [1.54, 1.807) is 0 Å². The fourth-order valence-electron chi connectivity index (χ4n) is 2.20. The molecule has 1 N–H and O–H groups in total. The summed E-state index contributed by atoms with van der Waals surface area (Å²) in [6.07, 6.45) is -3.17. The van der Waals surface area contributed by atoms with Crippen molar-refractivity contribution in [1.82, 2.24) is 4.98 Å². The average Bonchev–Trinajstić information content (AvgIpc) is 2.73. The van der Waals surface area contributed by atoms with Crippen LogP contribution in [0.5, 0.6) is 0 Å². The largest absolute Gasteiger partial charge is 0.481 e. The number of aromatic nitrogens is 1. The molecular weight excluding hydrogens is 364 g/mol. The Morgan fingerprint density at radius 3 is 2.60 bits per heavy atom. The molecule has 1 fully saturated rings. The Balaban J connectivity index is 2.30. The topological polar surface area (TPSA) is 53.4 Å². The number of rotatable bonds is 2. The van der Waals surface area contributed by atoms with E-state index in [9.17, 15) is 18.0 Å². The lowest BCUT2D eigenvalue weighted by Gasteiger charge is -2.19. The van der Waals surface area contributed by atoms with Crippen molar-refractivity contribution in [3.05, 3.63) is 21.8 Å². The molecule has 4 nitrogen and oxygen atoms in total. The Hall–Kier alpha value is -1.02. The smallest absolute Gasteiger partial charge is 0.394 e. The van der Waals surface area contributed by atoms with Gasteiger partial charge in [-0.15, -0.1) is 0 Å². The first-order chi connectivity index (χ1) is 9.20. The second kappa shape index (κ2) is 5.40. The molecule has 1 aromatic rings. The second-order valence-electron chi connectivity index (χ2n) is 4.46. The first kappa shape index (κ1) is 15.4. The fraction of sp³-hybridized carbons (Fsp3) is 0.455. The molecule has 0 radical (unpaired) electrons. The zero-order chi connectivity index (χ0) is 15.1. The van der Waals surface area contributed by atoms with Gasteiger partial charge < -0.3 is 10.0 Å². The summed E-state index contributed by atoms with van der Waals surface area (Å²) < 4.78 is 39.2. The van der Waals surface area contributed by atoms with Gasteiger partial charge in [-0.1, -0.05) is 11.6 Å². The molecule has 9 heteroatoms. The van der Waals surface area contributed by atoms with Crippen LogP contribution in [-0.2, 0) is 4.79 Å². The van der Waals surface area contributed by atoms with Crippen molar-refractivity contribution < 1.29 is 23.1 Å². The zero-order valence-electron chi connectivity index (χ0n) is 9.86. The van der Waals surface area contributed by atoms with Crippen LogP contribution in [0, 0.1) is 11.8 Å². The molecule has 0 aromatic carbocycles. The molecule has 2 heterocycles. The van der Waals surface area contributed by atoms with Gasteiger partial charge in [0.25, 0.3) is 0 Å². The predicted molar refractivity (Wildman–Crippen MR) is 69.8 cm³/mol. The summed E-state index contributed by atoms with van der Waals surface area (Å²) in [5.74, 6) is -4.76. The van der Waals surface area contributed by atoms with Crippen molar-refractivity contribution in [2.75, 3.05) is 18.0 Å². The molecule has 0 spiro atoms. The zero-order valence-corrected chi connectivity index (χ0v) is 12.2. The molecule has 1 aliphatic heterocycles. The Morgan fingerprint density at radius 1 is 1.50 bits per heavy atom. The number of pyridine rings is 1. The third-order valence-electron chi connectivity index (χ3n) is 3.15. The fourth-order valence-corrected chi connectivity index (χ4v) is 2.95. The molecule has 1 aliphatic rings. The molecular formula is C11H9BrClF3N2O2. The molecule has 0 unspecified atom stereocenters. The van der Waals surface area contributed by atoms with E-state index in [1.165, 1.54) is 17.2 Å². The van der Waals surface area contributed by atoms with Gasteiger partial charge in [0.2, 0.25) is 0 Å². The number of carboxylic acids is 1. The highest BCUT2D eigenvalue weighted by Crippen LogP contribution is 2.40. The van der Waals surface area contributed by atoms with E-state index in [4.69, 9.17) is 16.7 Å². The van der Waals surface area contributed by atoms with Gasteiger partial charge in [-0.05, 0) is 22.0 Å². The third-order valence-corrected chi connectivity index (χ3v) is 3.86. The monoisotopic (exact) mass is 372 g/mol. The van der Waals surface area contributed by atoms with E-state index >= 15 is 0 Å². The van der Waals surface area contributed by atoms with Crippen LogP contribution >= 0.6 is 27.5 Å². The van der Waals surface area contributed by atoms with Crippen molar-refractivity contribution in [2.45, 2.75) is 6.18 Å². The predicted octanol–water partition coefficient (Wildman–Crippen LogP) is 3.20. The quantitative estimate of drug-likeness (QED) is 0.865. The number of hydrogen-bond donors (Lipinski definition) is 1. The summed E-state index contributed by atoms with van der Waals surface area (Å²) in [7, 11) is 0. The highest BCUT2D eigenvalue weighted by molar-refractivity contribution is 9.10. The number of alkyl halides is 3. The molecule has 110 valence electrons. The standard InChI is InChI=1S/C11H9BrClF3N2O2/c12-5-1-8(13)9(17-2-5)18-3-6(10(19)20)7(4-18)11(14,15)16/h1-2,6-7H,3-4H2,(H,19,20)/t6-,7-/m1/s1. The Bertz CT molecular complexity index is 541. The summed E-state index contributed by atoms with van der Waals surface area (Å²) in [6.45, 7) is -0.733. The molecule has 20 heavy (non-hydrogen) atoms. The molecule has 2 rings (SSSR count). The maximum atomic E-state index is 12.9. The molecule has 0 saturated carbocycles. The van der Waals surface area contributed by atoms with Crippen molar-refractivity contribution >= 4 is 39.3 Å². The lowest BCUT2D eigenvalue weighted by atomic mass is 9.96. The van der Waals surface area contributed by atoms with Gasteiger partial charge in [-0.2, -0.15) is 13.2 Å². The normalized spacial score (nSPS) is 23.1. The van der Waals surface area contributed by atoms with Gasteiger partial charge in [0.15, 0.2) is 0 Å². The number of aliphatic carboxylic acids is 1. The van der Waals surface area contributed by atoms with Gasteiger partial charge in [0.1, 0.15) is 5.82 Å². The van der Waals surface area contributed by atoms with E-state index < -0.39 is 30.5 Å². The van der Waals surface area contributed by atoms with Gasteiger partial charge in [0, 0.05) is 23.8 Å². The molecule has 2 atom stereocenters. The van der Waals surface area contributed by atoms with Crippen molar-refractivity contribution in [3.8, 4) is 0 Å². The van der Waals surface area contributed by atoms with Crippen LogP contribution in [-0.4, -0.2) is 35.3 Å². The third kappa shape index (κ3) is 3.01. The second-order valence-corrected chi connectivity index (χ2v) is 5.78. The molecule has 0 bridgehead atoms. The summed E-state index contributed by atoms with van der Waals surface area (Å²) in [4.78, 5) is 16.2. The number of anilines is 1. The highest BCUT2D eigenvalue weighted by Gasteiger charge is 2.53. The lowest BCUT2D eigenvalue weighted by molar-refractivity contribution is -0.187. The summed E-state index contributed by atoms with van der Waals surface area (Å²) in [5.41, 5.74) is 0. The first-order valence-corrected chi connectivity index (χ1v) is 6.72. The van der Waals surface area contributed by atoms with Crippen molar-refractivity contribution in [1.29, 1.82) is 0 Å². The number of carbonyl (C=O) groups is 1. The van der Waals surface area contributed by atoms with Crippen LogP contribution in [0.25, 0.3) is 0 Å². The van der Waals surface area contributed by atoms with Crippen LogP contribution in [0.2, 0.25) is 5.02 Å². The van der Waals surface area contributed by atoms with Crippen molar-refractivity contribution in [3.63, 3.8) is 0 Å². The van der Waals surface area contributed by atoms with Crippen LogP contribution in [0.15, 0.2) is 16.7 Å². The van der Waals surface area contributed by atoms with Crippen LogP contribution < -0.4 is 4.90 Å². The number of halogens is 5. The molecule has 1 aromatic heterocycles. The Labute approximate surface area is 125 Å². The van der Waals surface area contributed by atoms with Gasteiger partial charge >= 0.3 is 12.1 Å². The van der Waals surface area contributed by atoms with Crippen LogP contribution in [0.4, 0.5) is 19.0 Å². The van der Waals surface area contributed by atoms with Crippen LogP contribution in [0.1, 0.15) is 0 Å². The van der Waals surface area contributed by atoms with E-state index in [-0.39, 0.29) is 17.4 Å². The van der Waals surface area contributed by atoms with E-state index in [0.717, 1.165) is 0 Å². The average molecular weight is 374 g/mol. The highest BCUT2D eigenvalue weighted by atomic mass is 79.9. The van der Waals surface area contributed by atoms with Gasteiger partial charge in [0.05, 0.1) is 16.9 Å². The van der Waals surface area contributed by atoms with Gasteiger partial charge in [-0.25, -0.2) is 4.98 Å². The van der Waals surface area contributed by atoms with E-state index in [2.05, 4.69) is 20.9 Å². The van der Waals surface area contributed by atoms with Crippen molar-refractivity contribution in [2.24, 2.45) is 11.8 Å². The van der Waals surface area contributed by atoms with E-state index in [1.807, 2.05) is 0 Å². The van der Waals surface area contributed by atoms with Gasteiger partial charge in [-0.3, -0.25) is 4.79 Å². The summed E-state index contributed by atoms with van der Waals surface area (Å²) in [5, 5.41) is 9.11. The summed E-state index contributed by atoms with van der Waals surface area (Å²) >= 11 is 9.08. The maximum Gasteiger partial charge on any atom is 0.394 e. The minimum Gasteiger partial charge on any atom is -0.481 e.